The van der Waals surface area contributed by atoms with E-state index in [1.807, 2.05) is 0 Å². The maximum atomic E-state index is 11.4. The highest BCUT2D eigenvalue weighted by Crippen LogP contribution is 2.18. The Bertz CT molecular complexity index is 450. The van der Waals surface area contributed by atoms with Gasteiger partial charge in [0, 0.05) is 18.0 Å². The predicted molar refractivity (Wildman–Crippen MR) is 62.3 cm³/mol. The summed E-state index contributed by atoms with van der Waals surface area (Å²) in [6.07, 6.45) is -1.00. The Morgan fingerprint density at radius 2 is 2.06 bits per heavy atom. The molecule has 0 aromatic heterocycles. The van der Waals surface area contributed by atoms with Crippen molar-refractivity contribution >= 4 is 23.4 Å². The van der Waals surface area contributed by atoms with Gasteiger partial charge >= 0.3 is 6.09 Å². The van der Waals surface area contributed by atoms with Crippen LogP contribution in [0.2, 0.25) is 0 Å². The van der Waals surface area contributed by atoms with Crippen LogP contribution in [0.25, 0.3) is 0 Å². The van der Waals surface area contributed by atoms with Gasteiger partial charge in [0.1, 0.15) is 5.75 Å². The topological polar surface area (TPSA) is 102 Å². The molecule has 0 saturated carbocycles. The number of halogens is 1. The zero-order chi connectivity index (χ0) is 13.5. The summed E-state index contributed by atoms with van der Waals surface area (Å²) in [6.45, 7) is -0.0864. The number of ether oxygens (including phenoxy) is 1. The van der Waals surface area contributed by atoms with Gasteiger partial charge in [0.25, 0.3) is 5.69 Å². The lowest BCUT2D eigenvalue weighted by Gasteiger charge is -2.11. The molecule has 0 saturated heterocycles. The first-order chi connectivity index (χ1) is 8.58. The summed E-state index contributed by atoms with van der Waals surface area (Å²) in [5.41, 5.74) is -0.138. The van der Waals surface area contributed by atoms with Crippen LogP contribution in [0.1, 0.15) is 0 Å². The highest BCUT2D eigenvalue weighted by Gasteiger charge is 2.16. The molecule has 1 aromatic rings. The fourth-order valence-corrected chi connectivity index (χ4v) is 1.20. The minimum Gasteiger partial charge on any atom is -0.409 e. The standard InChI is InChI=1S/C9H8ClN3O5/c10-5-6-12(11-15)9(14)18-8-3-1-7(2-4-8)13(16)17/h1-4H,5-6H2. The van der Waals surface area contributed by atoms with Crippen molar-refractivity contribution in [2.24, 2.45) is 5.29 Å². The number of hydrogen-bond acceptors (Lipinski definition) is 6. The van der Waals surface area contributed by atoms with Crippen LogP contribution in [-0.4, -0.2) is 28.5 Å². The molecule has 0 unspecified atom stereocenters. The maximum Gasteiger partial charge on any atom is 0.438 e. The van der Waals surface area contributed by atoms with Gasteiger partial charge in [-0.05, 0) is 12.1 Å². The van der Waals surface area contributed by atoms with Gasteiger partial charge < -0.3 is 4.74 Å². The summed E-state index contributed by atoms with van der Waals surface area (Å²) in [5.74, 6) is 0.0926. The number of hydrogen-bond donors (Lipinski definition) is 0. The quantitative estimate of drug-likeness (QED) is 0.354. The second kappa shape index (κ2) is 6.50. The summed E-state index contributed by atoms with van der Waals surface area (Å²) in [6, 6.07) is 4.81. The second-order valence-corrected chi connectivity index (χ2v) is 3.39. The van der Waals surface area contributed by atoms with Gasteiger partial charge in [0.15, 0.2) is 0 Å². The number of amides is 1. The second-order valence-electron chi connectivity index (χ2n) is 3.01. The van der Waals surface area contributed by atoms with Crippen LogP contribution in [0.4, 0.5) is 10.5 Å². The van der Waals surface area contributed by atoms with E-state index >= 15 is 0 Å². The average Bonchev–Trinajstić information content (AvgIpc) is 2.36. The molecule has 0 fully saturated rings. The molecule has 0 atom stereocenters. The van der Waals surface area contributed by atoms with Crippen molar-refractivity contribution < 1.29 is 14.5 Å². The van der Waals surface area contributed by atoms with Crippen LogP contribution in [-0.2, 0) is 0 Å². The van der Waals surface area contributed by atoms with Crippen molar-refractivity contribution in [1.82, 2.24) is 5.01 Å². The smallest absolute Gasteiger partial charge is 0.409 e. The highest BCUT2D eigenvalue weighted by molar-refractivity contribution is 6.18. The van der Waals surface area contributed by atoms with E-state index in [9.17, 15) is 19.8 Å². The number of nitro benzene ring substituents is 1. The van der Waals surface area contributed by atoms with E-state index in [-0.39, 0.29) is 23.9 Å². The van der Waals surface area contributed by atoms with Crippen molar-refractivity contribution in [3.63, 3.8) is 0 Å². The Labute approximate surface area is 106 Å². The highest BCUT2D eigenvalue weighted by atomic mass is 35.5. The largest absolute Gasteiger partial charge is 0.438 e. The number of non-ortho nitro benzene ring substituents is 1. The first-order valence-corrected chi connectivity index (χ1v) is 5.25. The lowest BCUT2D eigenvalue weighted by molar-refractivity contribution is -0.384. The van der Waals surface area contributed by atoms with Gasteiger partial charge in [0.05, 0.1) is 16.8 Å². The minimum absolute atomic E-state index is 0.0289. The van der Waals surface area contributed by atoms with E-state index < -0.39 is 11.0 Å². The molecule has 0 aliphatic carbocycles. The van der Waals surface area contributed by atoms with Gasteiger partial charge in [-0.1, -0.05) is 0 Å². The first kappa shape index (κ1) is 13.8. The molecule has 9 heteroatoms. The molecule has 1 amide bonds. The third kappa shape index (κ3) is 3.67. The van der Waals surface area contributed by atoms with Crippen molar-refractivity contribution in [3.8, 4) is 5.75 Å². The molecule has 18 heavy (non-hydrogen) atoms. The lowest BCUT2D eigenvalue weighted by atomic mass is 10.3. The third-order valence-corrected chi connectivity index (χ3v) is 2.03. The number of benzene rings is 1. The van der Waals surface area contributed by atoms with Crippen LogP contribution < -0.4 is 4.74 Å². The SMILES string of the molecule is O=NN(CCCl)C(=O)Oc1ccc([N+](=O)[O-])cc1. The molecule has 1 rings (SSSR count). The molecule has 0 N–H and O–H groups in total. The summed E-state index contributed by atoms with van der Waals surface area (Å²) in [5, 5.41) is 13.3. The molecule has 8 nitrogen and oxygen atoms in total. The van der Waals surface area contributed by atoms with Crippen molar-refractivity contribution in [3.05, 3.63) is 39.3 Å². The third-order valence-electron chi connectivity index (χ3n) is 1.86. The van der Waals surface area contributed by atoms with Gasteiger partial charge in [-0.3, -0.25) is 10.1 Å². The normalized spacial score (nSPS) is 9.61. The van der Waals surface area contributed by atoms with Crippen LogP contribution in [0.5, 0.6) is 5.75 Å². The van der Waals surface area contributed by atoms with Crippen LogP contribution >= 0.6 is 11.6 Å². The maximum absolute atomic E-state index is 11.4. The Morgan fingerprint density at radius 3 is 2.50 bits per heavy atom. The molecule has 0 radical (unpaired) electrons. The number of rotatable bonds is 5. The van der Waals surface area contributed by atoms with E-state index in [0.717, 1.165) is 0 Å². The van der Waals surface area contributed by atoms with Crippen molar-refractivity contribution in [1.29, 1.82) is 0 Å². The molecule has 0 aliphatic heterocycles. The number of nitrogens with zero attached hydrogens (tertiary/aromatic N) is 3. The molecular weight excluding hydrogens is 266 g/mol. The molecule has 0 spiro atoms. The fourth-order valence-electron chi connectivity index (χ4n) is 1.03. The van der Waals surface area contributed by atoms with Gasteiger partial charge in [-0.15, -0.1) is 16.5 Å². The summed E-state index contributed by atoms with van der Waals surface area (Å²) < 4.78 is 4.77. The zero-order valence-electron chi connectivity index (χ0n) is 8.98. The van der Waals surface area contributed by atoms with Crippen molar-refractivity contribution in [2.75, 3.05) is 12.4 Å². The van der Waals surface area contributed by atoms with Gasteiger partial charge in [-0.2, -0.15) is 5.01 Å². The molecular formula is C9H8ClN3O5. The zero-order valence-corrected chi connectivity index (χ0v) is 9.74. The lowest BCUT2D eigenvalue weighted by Crippen LogP contribution is -2.30. The Kier molecular flexibility index (Phi) is 5.00. The van der Waals surface area contributed by atoms with Gasteiger partial charge in [-0.25, -0.2) is 4.79 Å². The summed E-state index contributed by atoms with van der Waals surface area (Å²) in [7, 11) is 0. The predicted octanol–water partition coefficient (Wildman–Crippen LogP) is 2.32. The van der Waals surface area contributed by atoms with E-state index in [4.69, 9.17) is 16.3 Å². The minimum atomic E-state index is -1.00. The number of nitroso groups, excluding NO2 is 1. The number of carbonyl (C=O) groups is 1. The first-order valence-electron chi connectivity index (χ1n) is 4.71. The fraction of sp³-hybridized carbons (Fsp3) is 0.222. The van der Waals surface area contributed by atoms with E-state index in [2.05, 4.69) is 5.29 Å². The van der Waals surface area contributed by atoms with E-state index in [0.29, 0.717) is 5.01 Å². The summed E-state index contributed by atoms with van der Waals surface area (Å²) >= 11 is 5.35. The number of nitro groups is 1. The van der Waals surface area contributed by atoms with Crippen LogP contribution in [0, 0.1) is 15.0 Å². The Balaban J connectivity index is 2.69. The number of alkyl halides is 1. The summed E-state index contributed by atoms with van der Waals surface area (Å²) in [4.78, 5) is 31.5. The van der Waals surface area contributed by atoms with Gasteiger partial charge in [0.2, 0.25) is 0 Å². The van der Waals surface area contributed by atoms with Crippen LogP contribution in [0.3, 0.4) is 0 Å². The molecule has 0 aliphatic rings. The Morgan fingerprint density at radius 1 is 1.44 bits per heavy atom. The molecule has 96 valence electrons. The molecule has 0 heterocycles. The number of carbonyl (C=O) groups excluding carboxylic acids is 1. The Hall–Kier alpha value is -2.22. The van der Waals surface area contributed by atoms with E-state index in [1.165, 1.54) is 24.3 Å². The molecule has 1 aromatic carbocycles. The van der Waals surface area contributed by atoms with Crippen molar-refractivity contribution in [2.45, 2.75) is 0 Å². The van der Waals surface area contributed by atoms with E-state index in [1.54, 1.807) is 0 Å². The van der Waals surface area contributed by atoms with Crippen LogP contribution in [0.15, 0.2) is 29.6 Å². The average molecular weight is 274 g/mol. The molecule has 0 bridgehead atoms. The monoisotopic (exact) mass is 273 g/mol.